The van der Waals surface area contributed by atoms with E-state index >= 15 is 0 Å². The van der Waals surface area contributed by atoms with Crippen LogP contribution in [0.1, 0.15) is 5.56 Å². The molecule has 6 nitrogen and oxygen atoms in total. The van der Waals surface area contributed by atoms with Crippen LogP contribution in [0.2, 0.25) is 0 Å². The lowest BCUT2D eigenvalue weighted by molar-refractivity contribution is -0.384. The molecule has 0 radical (unpaired) electrons. The molecule has 0 unspecified atom stereocenters. The Morgan fingerprint density at radius 3 is 2.63 bits per heavy atom. The second kappa shape index (κ2) is 5.30. The van der Waals surface area contributed by atoms with E-state index in [1.807, 2.05) is 0 Å². The van der Waals surface area contributed by atoms with Gasteiger partial charge in [-0.25, -0.2) is 9.37 Å². The van der Waals surface area contributed by atoms with Crippen LogP contribution in [0.4, 0.5) is 21.7 Å². The maximum absolute atomic E-state index is 12.7. The number of aromatic nitrogens is 1. The van der Waals surface area contributed by atoms with Crippen molar-refractivity contribution in [1.29, 1.82) is 0 Å². The fourth-order valence-corrected chi connectivity index (χ4v) is 1.53. The number of benzene rings is 1. The number of nitrogens with two attached hydrogens (primary N) is 1. The Morgan fingerprint density at radius 2 is 2.00 bits per heavy atom. The molecular weight excluding hydrogens is 251 g/mol. The van der Waals surface area contributed by atoms with Crippen LogP contribution in [-0.2, 0) is 6.54 Å². The maximum atomic E-state index is 12.7. The zero-order valence-corrected chi connectivity index (χ0v) is 9.84. The first-order chi connectivity index (χ1) is 9.04. The summed E-state index contributed by atoms with van der Waals surface area (Å²) >= 11 is 0. The van der Waals surface area contributed by atoms with Crippen LogP contribution in [0.5, 0.6) is 0 Å². The fraction of sp³-hybridized carbons (Fsp3) is 0.0833. The van der Waals surface area contributed by atoms with E-state index in [1.165, 1.54) is 24.3 Å². The molecule has 98 valence electrons. The molecule has 0 aliphatic carbocycles. The van der Waals surface area contributed by atoms with Crippen molar-refractivity contribution < 1.29 is 9.31 Å². The second-order valence-corrected chi connectivity index (χ2v) is 3.87. The minimum absolute atomic E-state index is 0.0656. The summed E-state index contributed by atoms with van der Waals surface area (Å²) in [6, 6.07) is 8.38. The average Bonchev–Trinajstić information content (AvgIpc) is 2.37. The quantitative estimate of drug-likeness (QED) is 0.651. The van der Waals surface area contributed by atoms with Gasteiger partial charge >= 0.3 is 0 Å². The number of hydrogen-bond donors (Lipinski definition) is 2. The molecule has 0 saturated carbocycles. The van der Waals surface area contributed by atoms with Crippen LogP contribution < -0.4 is 11.1 Å². The molecule has 0 saturated heterocycles. The van der Waals surface area contributed by atoms with Crippen molar-refractivity contribution >= 4 is 17.3 Å². The SMILES string of the molecule is Nc1cc([N+](=O)[O-])cc(NCc2ccc(F)cc2)n1. The Hall–Kier alpha value is -2.70. The van der Waals surface area contributed by atoms with E-state index in [4.69, 9.17) is 5.73 Å². The highest BCUT2D eigenvalue weighted by atomic mass is 19.1. The molecule has 2 rings (SSSR count). The Labute approximate surface area is 108 Å². The summed E-state index contributed by atoms with van der Waals surface area (Å²) in [5.74, 6) is 0.0494. The van der Waals surface area contributed by atoms with E-state index in [0.717, 1.165) is 5.56 Å². The van der Waals surface area contributed by atoms with Crippen molar-refractivity contribution in [3.05, 3.63) is 57.9 Å². The highest BCUT2D eigenvalue weighted by Gasteiger charge is 2.09. The second-order valence-electron chi connectivity index (χ2n) is 3.87. The van der Waals surface area contributed by atoms with Crippen LogP contribution in [0, 0.1) is 15.9 Å². The van der Waals surface area contributed by atoms with Crippen LogP contribution >= 0.6 is 0 Å². The summed E-state index contributed by atoms with van der Waals surface area (Å²) in [7, 11) is 0. The number of rotatable bonds is 4. The summed E-state index contributed by atoms with van der Waals surface area (Å²) < 4.78 is 12.7. The molecule has 1 aromatic heterocycles. The van der Waals surface area contributed by atoms with Gasteiger partial charge in [0.05, 0.1) is 17.1 Å². The number of pyridine rings is 1. The van der Waals surface area contributed by atoms with Crippen molar-refractivity contribution in [2.75, 3.05) is 11.1 Å². The summed E-state index contributed by atoms with van der Waals surface area (Å²) in [5.41, 5.74) is 6.18. The van der Waals surface area contributed by atoms with E-state index in [2.05, 4.69) is 10.3 Å². The van der Waals surface area contributed by atoms with Gasteiger partial charge in [-0.3, -0.25) is 10.1 Å². The molecule has 0 aliphatic heterocycles. The third-order valence-corrected chi connectivity index (χ3v) is 2.43. The van der Waals surface area contributed by atoms with Crippen LogP contribution in [0.25, 0.3) is 0 Å². The van der Waals surface area contributed by atoms with Gasteiger partial charge in [-0.15, -0.1) is 0 Å². The largest absolute Gasteiger partial charge is 0.383 e. The molecule has 0 bridgehead atoms. The van der Waals surface area contributed by atoms with E-state index in [9.17, 15) is 14.5 Å². The summed E-state index contributed by atoms with van der Waals surface area (Å²) in [6.07, 6.45) is 0. The van der Waals surface area contributed by atoms with Crippen molar-refractivity contribution in [1.82, 2.24) is 4.98 Å². The Bertz CT molecular complexity index is 601. The number of nitro groups is 1. The van der Waals surface area contributed by atoms with Gasteiger partial charge in [-0.05, 0) is 17.7 Å². The summed E-state index contributed by atoms with van der Waals surface area (Å²) in [6.45, 7) is 0.369. The van der Waals surface area contributed by atoms with E-state index in [0.29, 0.717) is 12.4 Å². The van der Waals surface area contributed by atoms with Crippen LogP contribution in [0.3, 0.4) is 0 Å². The summed E-state index contributed by atoms with van der Waals surface area (Å²) in [4.78, 5) is 14.1. The number of anilines is 2. The van der Waals surface area contributed by atoms with Gasteiger partial charge in [0, 0.05) is 6.54 Å². The average molecular weight is 262 g/mol. The van der Waals surface area contributed by atoms with Gasteiger partial charge in [0.25, 0.3) is 5.69 Å². The molecule has 0 aliphatic rings. The van der Waals surface area contributed by atoms with Gasteiger partial charge in [0.2, 0.25) is 0 Å². The van der Waals surface area contributed by atoms with Gasteiger partial charge in [-0.1, -0.05) is 12.1 Å². The first-order valence-corrected chi connectivity index (χ1v) is 5.45. The zero-order chi connectivity index (χ0) is 13.8. The first kappa shape index (κ1) is 12.7. The highest BCUT2D eigenvalue weighted by molar-refractivity contribution is 5.52. The molecule has 19 heavy (non-hydrogen) atoms. The number of halogens is 1. The fourth-order valence-electron chi connectivity index (χ4n) is 1.53. The van der Waals surface area contributed by atoms with E-state index < -0.39 is 4.92 Å². The lowest BCUT2D eigenvalue weighted by Gasteiger charge is -2.06. The lowest BCUT2D eigenvalue weighted by Crippen LogP contribution is -2.04. The zero-order valence-electron chi connectivity index (χ0n) is 9.84. The predicted molar refractivity (Wildman–Crippen MR) is 69.0 cm³/mol. The predicted octanol–water partition coefficient (Wildman–Crippen LogP) is 2.32. The molecule has 0 spiro atoms. The number of nitrogen functional groups attached to an aromatic ring is 1. The van der Waals surface area contributed by atoms with Crippen molar-refractivity contribution in [3.8, 4) is 0 Å². The molecule has 0 amide bonds. The highest BCUT2D eigenvalue weighted by Crippen LogP contribution is 2.19. The molecule has 1 heterocycles. The number of nitrogens with zero attached hydrogens (tertiary/aromatic N) is 2. The third-order valence-electron chi connectivity index (χ3n) is 2.43. The van der Waals surface area contributed by atoms with Gasteiger partial charge in [0.15, 0.2) is 0 Å². The topological polar surface area (TPSA) is 94.1 Å². The lowest BCUT2D eigenvalue weighted by atomic mass is 10.2. The molecule has 1 aromatic carbocycles. The molecule has 3 N–H and O–H groups in total. The smallest absolute Gasteiger partial charge is 0.276 e. The molecular formula is C12H11FN4O2. The van der Waals surface area contributed by atoms with Crippen LogP contribution in [-0.4, -0.2) is 9.91 Å². The van der Waals surface area contributed by atoms with Gasteiger partial charge < -0.3 is 11.1 Å². The maximum Gasteiger partial charge on any atom is 0.276 e. The molecule has 2 aromatic rings. The third kappa shape index (κ3) is 3.38. The van der Waals surface area contributed by atoms with Crippen molar-refractivity contribution in [2.24, 2.45) is 0 Å². The van der Waals surface area contributed by atoms with Crippen LogP contribution in [0.15, 0.2) is 36.4 Å². The van der Waals surface area contributed by atoms with Gasteiger partial charge in [-0.2, -0.15) is 0 Å². The molecule has 0 atom stereocenters. The normalized spacial score (nSPS) is 10.2. The molecule has 7 heteroatoms. The van der Waals surface area contributed by atoms with E-state index in [1.54, 1.807) is 12.1 Å². The number of hydrogen-bond acceptors (Lipinski definition) is 5. The minimum Gasteiger partial charge on any atom is -0.383 e. The van der Waals surface area contributed by atoms with E-state index in [-0.39, 0.29) is 17.3 Å². The van der Waals surface area contributed by atoms with Crippen molar-refractivity contribution in [3.63, 3.8) is 0 Å². The first-order valence-electron chi connectivity index (χ1n) is 5.45. The summed E-state index contributed by atoms with van der Waals surface area (Å²) in [5, 5.41) is 13.6. The number of nitrogens with one attached hydrogen (secondary N) is 1. The monoisotopic (exact) mass is 262 g/mol. The standard InChI is InChI=1S/C12H11FN4O2/c13-9-3-1-8(2-4-9)7-15-12-6-10(17(18)19)5-11(14)16-12/h1-6H,7H2,(H3,14,15,16). The van der Waals surface area contributed by atoms with Gasteiger partial charge in [0.1, 0.15) is 17.5 Å². The van der Waals surface area contributed by atoms with Crippen molar-refractivity contribution in [2.45, 2.75) is 6.54 Å². The molecule has 0 fully saturated rings. The Morgan fingerprint density at radius 1 is 1.32 bits per heavy atom. The Kier molecular flexibility index (Phi) is 3.56. The minimum atomic E-state index is -0.541. The Balaban J connectivity index is 2.11.